The van der Waals surface area contributed by atoms with Gasteiger partial charge in [-0.3, -0.25) is 9.69 Å². The molecule has 2 aromatic carbocycles. The lowest BCUT2D eigenvalue weighted by atomic mass is 9.86. The maximum Gasteiger partial charge on any atom is 0.253 e. The van der Waals surface area contributed by atoms with E-state index in [0.717, 1.165) is 55.3 Å². The van der Waals surface area contributed by atoms with E-state index >= 15 is 0 Å². The van der Waals surface area contributed by atoms with E-state index in [9.17, 15) is 4.79 Å². The zero-order valence-corrected chi connectivity index (χ0v) is 18.2. The molecule has 0 unspecified atom stereocenters. The maximum atomic E-state index is 12.9. The van der Waals surface area contributed by atoms with Crippen molar-refractivity contribution in [2.24, 2.45) is 0 Å². The molecule has 1 heterocycles. The lowest BCUT2D eigenvalue weighted by Gasteiger charge is -2.35. The molecule has 0 radical (unpaired) electrons. The Hall–Kier alpha value is -2.53. The molecule has 29 heavy (non-hydrogen) atoms. The number of benzene rings is 2. The number of amides is 1. The van der Waals surface area contributed by atoms with Crippen LogP contribution in [0.4, 0.5) is 0 Å². The molecule has 1 saturated heterocycles. The van der Waals surface area contributed by atoms with Crippen molar-refractivity contribution in [2.45, 2.75) is 32.7 Å². The third kappa shape index (κ3) is 5.10. The number of rotatable bonds is 5. The van der Waals surface area contributed by atoms with E-state index in [1.165, 1.54) is 5.56 Å². The minimum atomic E-state index is 0.0916. The van der Waals surface area contributed by atoms with E-state index < -0.39 is 0 Å². The highest BCUT2D eigenvalue weighted by Gasteiger charge is 2.23. The smallest absolute Gasteiger partial charge is 0.253 e. The van der Waals surface area contributed by atoms with Gasteiger partial charge in [0.15, 0.2) is 0 Å². The van der Waals surface area contributed by atoms with Gasteiger partial charge in [-0.2, -0.15) is 0 Å². The number of methoxy groups -OCH3 is 2. The van der Waals surface area contributed by atoms with Crippen molar-refractivity contribution in [3.05, 3.63) is 59.2 Å². The summed E-state index contributed by atoms with van der Waals surface area (Å²) in [6, 6.07) is 13.9. The van der Waals surface area contributed by atoms with Crippen LogP contribution in [0.2, 0.25) is 0 Å². The van der Waals surface area contributed by atoms with Crippen LogP contribution in [0, 0.1) is 0 Å². The van der Waals surface area contributed by atoms with Gasteiger partial charge in [-0.05, 0) is 41.3 Å². The first-order valence-corrected chi connectivity index (χ1v) is 10.1. The van der Waals surface area contributed by atoms with Crippen molar-refractivity contribution in [1.82, 2.24) is 9.80 Å². The van der Waals surface area contributed by atoms with Gasteiger partial charge >= 0.3 is 0 Å². The average Bonchev–Trinajstić information content (AvgIpc) is 2.73. The number of piperazine rings is 1. The molecule has 1 aliphatic rings. The molecule has 0 N–H and O–H groups in total. The molecule has 3 rings (SSSR count). The number of nitrogens with zero attached hydrogens (tertiary/aromatic N) is 2. The second-order valence-electron chi connectivity index (χ2n) is 8.57. The van der Waals surface area contributed by atoms with Crippen LogP contribution in [0.15, 0.2) is 42.5 Å². The van der Waals surface area contributed by atoms with Crippen LogP contribution in [0.25, 0.3) is 0 Å². The summed E-state index contributed by atoms with van der Waals surface area (Å²) in [6.07, 6.45) is 0. The molecule has 0 spiro atoms. The Balaban J connectivity index is 1.60. The highest BCUT2D eigenvalue weighted by molar-refractivity contribution is 5.94. The third-order valence-corrected chi connectivity index (χ3v) is 5.54. The summed E-state index contributed by atoms with van der Waals surface area (Å²) in [5.74, 6) is 1.81. The zero-order chi connectivity index (χ0) is 21.0. The second kappa shape index (κ2) is 8.87. The molecule has 0 saturated carbocycles. The summed E-state index contributed by atoms with van der Waals surface area (Å²) in [7, 11) is 3.36. The molecule has 5 nitrogen and oxygen atoms in total. The van der Waals surface area contributed by atoms with Gasteiger partial charge < -0.3 is 14.4 Å². The molecule has 0 bridgehead atoms. The minimum absolute atomic E-state index is 0.0916. The molecule has 2 aromatic rings. The van der Waals surface area contributed by atoms with Crippen molar-refractivity contribution in [3.8, 4) is 11.5 Å². The molecule has 0 aliphatic carbocycles. The number of carbonyl (C=O) groups excluding carboxylic acids is 1. The first kappa shape index (κ1) is 21.2. The molecule has 1 fully saturated rings. The van der Waals surface area contributed by atoms with Gasteiger partial charge in [0.25, 0.3) is 5.91 Å². The van der Waals surface area contributed by atoms with Crippen molar-refractivity contribution >= 4 is 5.91 Å². The summed E-state index contributed by atoms with van der Waals surface area (Å²) in [5.41, 5.74) is 3.20. The number of carbonyl (C=O) groups is 1. The fourth-order valence-corrected chi connectivity index (χ4v) is 3.65. The van der Waals surface area contributed by atoms with Gasteiger partial charge in [-0.25, -0.2) is 0 Å². The summed E-state index contributed by atoms with van der Waals surface area (Å²) in [4.78, 5) is 17.2. The Morgan fingerprint density at radius 3 is 2.14 bits per heavy atom. The van der Waals surface area contributed by atoms with Crippen molar-refractivity contribution in [2.75, 3.05) is 40.4 Å². The number of hydrogen-bond acceptors (Lipinski definition) is 4. The Kier molecular flexibility index (Phi) is 6.48. The monoisotopic (exact) mass is 396 g/mol. The average molecular weight is 397 g/mol. The number of hydrogen-bond donors (Lipinski definition) is 0. The van der Waals surface area contributed by atoms with Gasteiger partial charge in [-0.1, -0.05) is 32.9 Å². The first-order chi connectivity index (χ1) is 13.8. The fraction of sp³-hybridized carbons (Fsp3) is 0.458. The Labute approximate surface area is 174 Å². The van der Waals surface area contributed by atoms with E-state index in [2.05, 4.69) is 37.8 Å². The Bertz CT molecular complexity index is 832. The van der Waals surface area contributed by atoms with Gasteiger partial charge in [0.05, 0.1) is 14.2 Å². The van der Waals surface area contributed by atoms with Crippen LogP contribution in [0.1, 0.15) is 42.3 Å². The van der Waals surface area contributed by atoms with Gasteiger partial charge in [0, 0.05) is 43.9 Å². The zero-order valence-electron chi connectivity index (χ0n) is 18.2. The van der Waals surface area contributed by atoms with Gasteiger partial charge in [0.1, 0.15) is 11.5 Å². The van der Waals surface area contributed by atoms with Crippen LogP contribution in [0.5, 0.6) is 11.5 Å². The van der Waals surface area contributed by atoms with E-state index in [1.54, 1.807) is 14.2 Å². The molecular weight excluding hydrogens is 364 g/mol. The molecular formula is C24H32N2O3. The van der Waals surface area contributed by atoms with Crippen LogP contribution < -0.4 is 9.47 Å². The van der Waals surface area contributed by atoms with Crippen LogP contribution in [0.3, 0.4) is 0 Å². The summed E-state index contributed by atoms with van der Waals surface area (Å²) >= 11 is 0. The second-order valence-corrected chi connectivity index (χ2v) is 8.57. The van der Waals surface area contributed by atoms with Crippen LogP contribution >= 0.6 is 0 Å². The number of ether oxygens (including phenoxy) is 2. The van der Waals surface area contributed by atoms with E-state index in [0.29, 0.717) is 0 Å². The molecule has 156 valence electrons. The van der Waals surface area contributed by atoms with Gasteiger partial charge in [0.2, 0.25) is 0 Å². The lowest BCUT2D eigenvalue weighted by Crippen LogP contribution is -2.48. The van der Waals surface area contributed by atoms with E-state index in [1.807, 2.05) is 35.2 Å². The molecule has 1 aliphatic heterocycles. The predicted octanol–water partition coefficient (Wildman–Crippen LogP) is 3.96. The standard InChI is InChI=1S/C24H32N2O3/c1-24(2,3)20-8-6-18(7-9-20)23(27)26-14-12-25(13-15-26)17-19-16-21(28-4)10-11-22(19)29-5/h6-11,16H,12-15,17H2,1-5H3. The fourth-order valence-electron chi connectivity index (χ4n) is 3.65. The van der Waals surface area contributed by atoms with E-state index in [4.69, 9.17) is 9.47 Å². The topological polar surface area (TPSA) is 42.0 Å². The van der Waals surface area contributed by atoms with Crippen LogP contribution in [-0.2, 0) is 12.0 Å². The SMILES string of the molecule is COc1ccc(OC)c(CN2CCN(C(=O)c3ccc(C(C)(C)C)cc3)CC2)c1. The van der Waals surface area contributed by atoms with Crippen molar-refractivity contribution in [3.63, 3.8) is 0 Å². The Morgan fingerprint density at radius 2 is 1.59 bits per heavy atom. The maximum absolute atomic E-state index is 12.9. The molecule has 1 amide bonds. The first-order valence-electron chi connectivity index (χ1n) is 10.1. The minimum Gasteiger partial charge on any atom is -0.497 e. The predicted molar refractivity (Wildman–Crippen MR) is 116 cm³/mol. The summed E-state index contributed by atoms with van der Waals surface area (Å²) in [5, 5.41) is 0. The van der Waals surface area contributed by atoms with Crippen LogP contribution in [-0.4, -0.2) is 56.1 Å². The van der Waals surface area contributed by atoms with E-state index in [-0.39, 0.29) is 11.3 Å². The Morgan fingerprint density at radius 1 is 0.931 bits per heavy atom. The highest BCUT2D eigenvalue weighted by Crippen LogP contribution is 2.26. The largest absolute Gasteiger partial charge is 0.497 e. The molecule has 0 atom stereocenters. The summed E-state index contributed by atoms with van der Waals surface area (Å²) < 4.78 is 10.8. The quantitative estimate of drug-likeness (QED) is 0.767. The third-order valence-electron chi connectivity index (χ3n) is 5.54. The van der Waals surface area contributed by atoms with Gasteiger partial charge in [-0.15, -0.1) is 0 Å². The van der Waals surface area contributed by atoms with Crippen molar-refractivity contribution in [1.29, 1.82) is 0 Å². The highest BCUT2D eigenvalue weighted by atomic mass is 16.5. The molecule has 0 aromatic heterocycles. The summed E-state index contributed by atoms with van der Waals surface area (Å²) in [6.45, 7) is 10.5. The normalized spacial score (nSPS) is 15.3. The van der Waals surface area contributed by atoms with Crippen molar-refractivity contribution < 1.29 is 14.3 Å². The lowest BCUT2D eigenvalue weighted by molar-refractivity contribution is 0.0627. The molecule has 5 heteroatoms.